The van der Waals surface area contributed by atoms with Gasteiger partial charge >= 0.3 is 5.97 Å². The van der Waals surface area contributed by atoms with E-state index in [-0.39, 0.29) is 18.2 Å². The Morgan fingerprint density at radius 1 is 0.900 bits per heavy atom. The molecule has 2 aliphatic heterocycles. The zero-order valence-corrected chi connectivity index (χ0v) is 19.9. The van der Waals surface area contributed by atoms with Crippen LogP contribution in [0.15, 0.2) is 0 Å². The van der Waals surface area contributed by atoms with Gasteiger partial charge < -0.3 is 19.5 Å². The van der Waals surface area contributed by atoms with Crippen molar-refractivity contribution < 1.29 is 19.0 Å². The van der Waals surface area contributed by atoms with Gasteiger partial charge in [0.05, 0.1) is 12.2 Å². The molecule has 2 rings (SSSR count). The molecule has 0 radical (unpaired) electrons. The highest BCUT2D eigenvalue weighted by Crippen LogP contribution is 2.37. The number of hydrogen-bond acceptors (Lipinski definition) is 6. The van der Waals surface area contributed by atoms with Crippen LogP contribution in [0.4, 0.5) is 0 Å². The summed E-state index contributed by atoms with van der Waals surface area (Å²) in [6, 6.07) is 0. The molecule has 0 aromatic heterocycles. The molecule has 2 saturated heterocycles. The molecule has 0 aromatic carbocycles. The van der Waals surface area contributed by atoms with E-state index in [0.29, 0.717) is 0 Å². The average molecular weight is 427 g/mol. The number of carbonyl (C=O) groups is 1. The molecule has 1 N–H and O–H groups in total. The summed E-state index contributed by atoms with van der Waals surface area (Å²) in [5.74, 6) is -1.28. The largest absolute Gasteiger partial charge is 0.455 e. The molecule has 0 aliphatic carbocycles. The molecule has 4 atom stereocenters. The van der Waals surface area contributed by atoms with Crippen molar-refractivity contribution in [2.75, 3.05) is 27.2 Å². The van der Waals surface area contributed by atoms with Gasteiger partial charge in [-0.1, -0.05) is 44.9 Å². The predicted molar refractivity (Wildman–Crippen MR) is 120 cm³/mol. The van der Waals surface area contributed by atoms with E-state index in [1.54, 1.807) is 0 Å². The summed E-state index contributed by atoms with van der Waals surface area (Å²) in [7, 11) is 3.93. The van der Waals surface area contributed by atoms with Crippen LogP contribution in [-0.2, 0) is 19.0 Å². The molecule has 2 fully saturated rings. The topological polar surface area (TPSA) is 60.0 Å². The summed E-state index contributed by atoms with van der Waals surface area (Å²) in [5.41, 5.74) is 0. The minimum absolute atomic E-state index is 0.0764. The van der Waals surface area contributed by atoms with Gasteiger partial charge in [0.25, 0.3) is 5.91 Å². The van der Waals surface area contributed by atoms with Gasteiger partial charge in [-0.15, -0.1) is 0 Å². The van der Waals surface area contributed by atoms with Gasteiger partial charge in [0, 0.05) is 6.92 Å². The fourth-order valence-corrected chi connectivity index (χ4v) is 4.68. The second kappa shape index (κ2) is 13.7. The van der Waals surface area contributed by atoms with E-state index < -0.39 is 12.0 Å². The van der Waals surface area contributed by atoms with Crippen LogP contribution in [0.25, 0.3) is 0 Å². The van der Waals surface area contributed by atoms with E-state index in [0.717, 1.165) is 45.2 Å². The Morgan fingerprint density at radius 3 is 2.07 bits per heavy atom. The zero-order valence-electron chi connectivity index (χ0n) is 19.9. The Hall–Kier alpha value is -0.690. The van der Waals surface area contributed by atoms with E-state index in [4.69, 9.17) is 14.2 Å². The lowest BCUT2D eigenvalue weighted by molar-refractivity contribution is -0.389. The van der Waals surface area contributed by atoms with Crippen LogP contribution < -0.4 is 5.32 Å². The molecule has 0 amide bonds. The molecule has 2 heterocycles. The highest BCUT2D eigenvalue weighted by Gasteiger charge is 2.51. The van der Waals surface area contributed by atoms with Crippen LogP contribution in [0.1, 0.15) is 97.3 Å². The van der Waals surface area contributed by atoms with Crippen LogP contribution in [0.3, 0.4) is 0 Å². The van der Waals surface area contributed by atoms with E-state index >= 15 is 0 Å². The van der Waals surface area contributed by atoms with Crippen molar-refractivity contribution in [3.8, 4) is 0 Å². The number of carbonyl (C=O) groups excluding carboxylic acids is 1. The molecule has 176 valence electrons. The standard InChI is InChI=1S/C24H46N2O4/c1-20-16-17-23(28-21(2)27)24(29-20,26(3)4)30-22-14-10-7-5-6-8-12-18-25-19-13-9-11-15-22/h20,22-23,25H,5-19H2,1-4H3. The lowest BCUT2D eigenvalue weighted by Crippen LogP contribution is -2.63. The van der Waals surface area contributed by atoms with Crippen molar-refractivity contribution in [3.05, 3.63) is 0 Å². The van der Waals surface area contributed by atoms with Gasteiger partial charge in [0.1, 0.15) is 0 Å². The number of esters is 1. The Labute approximate surface area is 184 Å². The zero-order chi connectivity index (χ0) is 21.8. The first-order chi connectivity index (χ1) is 14.4. The van der Waals surface area contributed by atoms with Crippen LogP contribution in [0.5, 0.6) is 0 Å². The first-order valence-electron chi connectivity index (χ1n) is 12.3. The SMILES string of the molecule is CC(=O)OC1CCC(C)OC1(OC1CCCCCCCCNCCCCC1)N(C)C. The smallest absolute Gasteiger partial charge is 0.303 e. The number of nitrogens with zero attached hydrogens (tertiary/aromatic N) is 1. The number of ether oxygens (including phenoxy) is 3. The molecule has 6 heteroatoms. The maximum Gasteiger partial charge on any atom is 0.303 e. The fourth-order valence-electron chi connectivity index (χ4n) is 4.68. The van der Waals surface area contributed by atoms with Gasteiger partial charge in [0.15, 0.2) is 6.10 Å². The second-order valence-corrected chi connectivity index (χ2v) is 9.38. The molecule has 0 bridgehead atoms. The first kappa shape index (κ1) is 25.6. The first-order valence-corrected chi connectivity index (χ1v) is 12.3. The summed E-state index contributed by atoms with van der Waals surface area (Å²) in [5, 5.41) is 3.58. The van der Waals surface area contributed by atoms with Crippen molar-refractivity contribution in [3.63, 3.8) is 0 Å². The maximum absolute atomic E-state index is 11.8. The third-order valence-corrected chi connectivity index (χ3v) is 6.39. The lowest BCUT2D eigenvalue weighted by Gasteiger charge is -2.49. The van der Waals surface area contributed by atoms with Crippen molar-refractivity contribution in [2.45, 2.75) is 122 Å². The summed E-state index contributed by atoms with van der Waals surface area (Å²) in [6.45, 7) is 5.82. The Morgan fingerprint density at radius 2 is 1.47 bits per heavy atom. The van der Waals surface area contributed by atoms with E-state index in [1.807, 2.05) is 19.0 Å². The highest BCUT2D eigenvalue weighted by molar-refractivity contribution is 5.66. The Balaban J connectivity index is 2.07. The van der Waals surface area contributed by atoms with Crippen molar-refractivity contribution in [1.29, 1.82) is 0 Å². The van der Waals surface area contributed by atoms with Crippen molar-refractivity contribution >= 4 is 5.97 Å². The Bertz CT molecular complexity index is 472. The third-order valence-electron chi connectivity index (χ3n) is 6.39. The minimum Gasteiger partial charge on any atom is -0.455 e. The Kier molecular flexibility index (Phi) is 11.6. The van der Waals surface area contributed by atoms with E-state index in [2.05, 4.69) is 12.2 Å². The van der Waals surface area contributed by atoms with Crippen LogP contribution >= 0.6 is 0 Å². The molecular weight excluding hydrogens is 380 g/mol. The lowest BCUT2D eigenvalue weighted by atomic mass is 10.00. The quantitative estimate of drug-likeness (QED) is 0.523. The van der Waals surface area contributed by atoms with Crippen molar-refractivity contribution in [2.24, 2.45) is 0 Å². The third kappa shape index (κ3) is 8.45. The number of nitrogens with one attached hydrogen (secondary N) is 1. The highest BCUT2D eigenvalue weighted by atomic mass is 16.8. The second-order valence-electron chi connectivity index (χ2n) is 9.38. The van der Waals surface area contributed by atoms with Crippen LogP contribution in [-0.4, -0.2) is 62.3 Å². The summed E-state index contributed by atoms with van der Waals surface area (Å²) in [4.78, 5) is 13.7. The predicted octanol–water partition coefficient (Wildman–Crippen LogP) is 4.61. The molecule has 2 aliphatic rings. The number of hydrogen-bond donors (Lipinski definition) is 1. The maximum atomic E-state index is 11.8. The van der Waals surface area contributed by atoms with E-state index in [1.165, 1.54) is 58.3 Å². The average Bonchev–Trinajstić information content (AvgIpc) is 2.70. The molecule has 0 spiro atoms. The van der Waals surface area contributed by atoms with Gasteiger partial charge in [-0.3, -0.25) is 9.69 Å². The number of likely N-dealkylation sites (N-methyl/N-ethyl adjacent to an activating group) is 1. The van der Waals surface area contributed by atoms with Crippen LogP contribution in [0.2, 0.25) is 0 Å². The molecule has 0 saturated carbocycles. The molecule has 4 unspecified atom stereocenters. The normalized spacial score (nSPS) is 33.4. The number of rotatable bonds is 4. The van der Waals surface area contributed by atoms with Gasteiger partial charge in [-0.2, -0.15) is 0 Å². The summed E-state index contributed by atoms with van der Waals surface area (Å²) < 4.78 is 18.9. The monoisotopic (exact) mass is 426 g/mol. The molecule has 30 heavy (non-hydrogen) atoms. The van der Waals surface area contributed by atoms with Crippen molar-refractivity contribution in [1.82, 2.24) is 10.2 Å². The summed E-state index contributed by atoms with van der Waals surface area (Å²) in [6.07, 6.45) is 14.8. The minimum atomic E-state index is -1.00. The van der Waals surface area contributed by atoms with Gasteiger partial charge in [0.2, 0.25) is 0 Å². The van der Waals surface area contributed by atoms with Gasteiger partial charge in [-0.25, -0.2) is 0 Å². The van der Waals surface area contributed by atoms with Crippen LogP contribution in [0, 0.1) is 0 Å². The molecule has 0 aromatic rings. The van der Waals surface area contributed by atoms with Gasteiger partial charge in [-0.05, 0) is 72.6 Å². The molecule has 6 nitrogen and oxygen atoms in total. The fraction of sp³-hybridized carbons (Fsp3) is 0.958. The summed E-state index contributed by atoms with van der Waals surface area (Å²) >= 11 is 0. The molecular formula is C24H46N2O4. The van der Waals surface area contributed by atoms with E-state index in [9.17, 15) is 4.79 Å².